The van der Waals surface area contributed by atoms with E-state index in [1.54, 1.807) is 0 Å². The summed E-state index contributed by atoms with van der Waals surface area (Å²) in [5.74, 6) is 0.530. The van der Waals surface area contributed by atoms with Gasteiger partial charge in [0.2, 0.25) is 0 Å². The molecular formula is C16H22O3. The standard InChI is InChI=1S/C16H22O3/c1-11-6-12(2)16(13(3)7-11)15(17)10-19-9-14-4-5-18-8-14/h6-7,14H,4-5,8-10H2,1-3H3. The number of carbonyl (C=O) groups is 1. The summed E-state index contributed by atoms with van der Waals surface area (Å²) in [7, 11) is 0. The van der Waals surface area contributed by atoms with Gasteiger partial charge in [0.05, 0.1) is 13.2 Å². The van der Waals surface area contributed by atoms with Crippen molar-refractivity contribution >= 4 is 5.78 Å². The molecule has 0 bridgehead atoms. The van der Waals surface area contributed by atoms with Crippen LogP contribution in [0.5, 0.6) is 0 Å². The van der Waals surface area contributed by atoms with Gasteiger partial charge in [0.15, 0.2) is 5.78 Å². The zero-order valence-electron chi connectivity index (χ0n) is 12.0. The number of carbonyl (C=O) groups excluding carboxylic acids is 1. The van der Waals surface area contributed by atoms with E-state index in [2.05, 4.69) is 0 Å². The summed E-state index contributed by atoms with van der Waals surface area (Å²) < 4.78 is 10.8. The molecule has 0 amide bonds. The van der Waals surface area contributed by atoms with Crippen molar-refractivity contribution in [3.05, 3.63) is 34.4 Å². The number of ketones is 1. The number of Topliss-reactive ketones (excluding diaryl/α,β-unsaturated/α-hetero) is 1. The Morgan fingerprint density at radius 3 is 2.58 bits per heavy atom. The minimum Gasteiger partial charge on any atom is -0.381 e. The molecule has 1 aromatic rings. The first kappa shape index (κ1) is 14.2. The van der Waals surface area contributed by atoms with Crippen LogP contribution in [0.25, 0.3) is 0 Å². The molecule has 1 atom stereocenters. The predicted molar refractivity (Wildman–Crippen MR) is 74.7 cm³/mol. The Bertz CT molecular complexity index is 436. The fraction of sp³-hybridized carbons (Fsp3) is 0.562. The van der Waals surface area contributed by atoms with Gasteiger partial charge >= 0.3 is 0 Å². The van der Waals surface area contributed by atoms with Gasteiger partial charge in [-0.3, -0.25) is 4.79 Å². The Labute approximate surface area is 114 Å². The molecule has 3 nitrogen and oxygen atoms in total. The van der Waals surface area contributed by atoms with E-state index < -0.39 is 0 Å². The summed E-state index contributed by atoms with van der Waals surface area (Å²) in [4.78, 5) is 12.2. The first-order valence-electron chi connectivity index (χ1n) is 6.84. The molecule has 19 heavy (non-hydrogen) atoms. The molecule has 1 aliphatic rings. The number of aryl methyl sites for hydroxylation is 3. The molecule has 0 aromatic heterocycles. The zero-order chi connectivity index (χ0) is 13.8. The number of rotatable bonds is 5. The Balaban J connectivity index is 1.92. The van der Waals surface area contributed by atoms with E-state index in [4.69, 9.17) is 9.47 Å². The van der Waals surface area contributed by atoms with Gasteiger partial charge in [0, 0.05) is 18.1 Å². The van der Waals surface area contributed by atoms with Crippen LogP contribution < -0.4 is 0 Å². The third kappa shape index (κ3) is 3.64. The van der Waals surface area contributed by atoms with Crippen molar-refractivity contribution in [3.8, 4) is 0 Å². The Morgan fingerprint density at radius 1 is 1.32 bits per heavy atom. The van der Waals surface area contributed by atoms with Crippen molar-refractivity contribution in [2.45, 2.75) is 27.2 Å². The summed E-state index contributed by atoms with van der Waals surface area (Å²) >= 11 is 0. The van der Waals surface area contributed by atoms with Crippen molar-refractivity contribution < 1.29 is 14.3 Å². The number of benzene rings is 1. The smallest absolute Gasteiger partial charge is 0.188 e. The molecule has 1 saturated heterocycles. The summed E-state index contributed by atoms with van der Waals surface area (Å²) in [6.07, 6.45) is 1.04. The van der Waals surface area contributed by atoms with E-state index in [9.17, 15) is 4.79 Å². The number of ether oxygens (including phenoxy) is 2. The highest BCUT2D eigenvalue weighted by atomic mass is 16.5. The second kappa shape index (κ2) is 6.31. The quantitative estimate of drug-likeness (QED) is 0.765. The monoisotopic (exact) mass is 262 g/mol. The molecule has 1 aliphatic heterocycles. The fourth-order valence-corrected chi connectivity index (χ4v) is 2.73. The van der Waals surface area contributed by atoms with E-state index in [0.717, 1.165) is 36.3 Å². The van der Waals surface area contributed by atoms with Crippen molar-refractivity contribution in [1.82, 2.24) is 0 Å². The third-order valence-corrected chi connectivity index (χ3v) is 3.57. The minimum atomic E-state index is 0.0777. The number of hydrogen-bond acceptors (Lipinski definition) is 3. The lowest BCUT2D eigenvalue weighted by atomic mass is 9.97. The Hall–Kier alpha value is -1.19. The number of hydrogen-bond donors (Lipinski definition) is 0. The van der Waals surface area contributed by atoms with Gasteiger partial charge in [-0.2, -0.15) is 0 Å². The van der Waals surface area contributed by atoms with Crippen LogP contribution in [0.15, 0.2) is 12.1 Å². The molecule has 3 heteroatoms. The highest BCUT2D eigenvalue weighted by Crippen LogP contribution is 2.18. The van der Waals surface area contributed by atoms with Crippen LogP contribution in [-0.2, 0) is 9.47 Å². The summed E-state index contributed by atoms with van der Waals surface area (Å²) in [6.45, 7) is 8.38. The van der Waals surface area contributed by atoms with Crippen LogP contribution in [-0.4, -0.2) is 32.2 Å². The molecule has 2 rings (SSSR count). The molecule has 1 unspecified atom stereocenters. The van der Waals surface area contributed by atoms with Gasteiger partial charge in [-0.05, 0) is 38.3 Å². The first-order valence-corrected chi connectivity index (χ1v) is 6.84. The van der Waals surface area contributed by atoms with E-state index >= 15 is 0 Å². The first-order chi connectivity index (χ1) is 9.08. The zero-order valence-corrected chi connectivity index (χ0v) is 12.0. The molecule has 0 saturated carbocycles. The van der Waals surface area contributed by atoms with E-state index in [1.165, 1.54) is 5.56 Å². The fourth-order valence-electron chi connectivity index (χ4n) is 2.73. The van der Waals surface area contributed by atoms with Crippen LogP contribution >= 0.6 is 0 Å². The molecule has 1 heterocycles. The second-order valence-corrected chi connectivity index (χ2v) is 5.44. The summed E-state index contributed by atoms with van der Waals surface area (Å²) in [5.41, 5.74) is 4.08. The van der Waals surface area contributed by atoms with Crippen molar-refractivity contribution in [2.75, 3.05) is 26.4 Å². The molecule has 104 valence electrons. The minimum absolute atomic E-state index is 0.0777. The Morgan fingerprint density at radius 2 is 2.00 bits per heavy atom. The van der Waals surface area contributed by atoms with Gasteiger partial charge in [-0.1, -0.05) is 17.7 Å². The average molecular weight is 262 g/mol. The second-order valence-electron chi connectivity index (χ2n) is 5.44. The van der Waals surface area contributed by atoms with Gasteiger partial charge in [0.1, 0.15) is 6.61 Å². The highest BCUT2D eigenvalue weighted by molar-refractivity contribution is 5.99. The van der Waals surface area contributed by atoms with Gasteiger partial charge in [0.25, 0.3) is 0 Å². The van der Waals surface area contributed by atoms with E-state index in [-0.39, 0.29) is 12.4 Å². The third-order valence-electron chi connectivity index (χ3n) is 3.57. The van der Waals surface area contributed by atoms with Crippen LogP contribution in [0.3, 0.4) is 0 Å². The SMILES string of the molecule is Cc1cc(C)c(C(=O)COCC2CCOC2)c(C)c1. The normalized spacial score (nSPS) is 18.8. The van der Waals surface area contributed by atoms with Crippen LogP contribution in [0, 0.1) is 26.7 Å². The molecular weight excluding hydrogens is 240 g/mol. The average Bonchev–Trinajstić information content (AvgIpc) is 2.80. The van der Waals surface area contributed by atoms with Crippen molar-refractivity contribution in [3.63, 3.8) is 0 Å². The van der Waals surface area contributed by atoms with Gasteiger partial charge in [-0.15, -0.1) is 0 Å². The van der Waals surface area contributed by atoms with Crippen LogP contribution in [0.1, 0.15) is 33.5 Å². The van der Waals surface area contributed by atoms with E-state index in [0.29, 0.717) is 12.5 Å². The molecule has 0 aliphatic carbocycles. The lowest BCUT2D eigenvalue weighted by Crippen LogP contribution is -2.17. The van der Waals surface area contributed by atoms with E-state index in [1.807, 2.05) is 32.9 Å². The molecule has 0 radical (unpaired) electrons. The van der Waals surface area contributed by atoms with Gasteiger partial charge < -0.3 is 9.47 Å². The molecule has 1 fully saturated rings. The van der Waals surface area contributed by atoms with Crippen LogP contribution in [0.4, 0.5) is 0 Å². The summed E-state index contributed by atoms with van der Waals surface area (Å²) in [5, 5.41) is 0. The maximum absolute atomic E-state index is 12.2. The maximum Gasteiger partial charge on any atom is 0.188 e. The summed E-state index contributed by atoms with van der Waals surface area (Å²) in [6, 6.07) is 4.09. The van der Waals surface area contributed by atoms with Crippen LogP contribution in [0.2, 0.25) is 0 Å². The Kier molecular flexibility index (Phi) is 4.72. The predicted octanol–water partition coefficient (Wildman–Crippen LogP) is 2.85. The highest BCUT2D eigenvalue weighted by Gasteiger charge is 2.17. The lowest BCUT2D eigenvalue weighted by molar-refractivity contribution is 0.0650. The molecule has 0 spiro atoms. The molecule has 1 aromatic carbocycles. The van der Waals surface area contributed by atoms with Gasteiger partial charge in [-0.25, -0.2) is 0 Å². The van der Waals surface area contributed by atoms with Crippen molar-refractivity contribution in [1.29, 1.82) is 0 Å². The molecule has 0 N–H and O–H groups in total. The maximum atomic E-state index is 12.2. The topological polar surface area (TPSA) is 35.5 Å². The largest absolute Gasteiger partial charge is 0.381 e. The lowest BCUT2D eigenvalue weighted by Gasteiger charge is -2.12. The van der Waals surface area contributed by atoms with Crippen molar-refractivity contribution in [2.24, 2.45) is 5.92 Å².